The average molecular weight is 346 g/mol. The Kier molecular flexibility index (Phi) is 4.65. The number of aliphatic hydroxyl groups is 1. The highest BCUT2D eigenvalue weighted by atomic mass is 16.5. The molecule has 4 aliphatic rings. The number of hydrogen-bond donors (Lipinski definition) is 1. The number of aromatic nitrogens is 1. The van der Waals surface area contributed by atoms with Crippen LogP contribution in [0.2, 0.25) is 0 Å². The SMILES string of the molecule is Cc1ccnc2c1C1CCC(CC1)OC[C@H]1[C@H](O)CCN1C(=O)CO2. The monoisotopic (exact) mass is 346 g/mol. The normalized spacial score (nSPS) is 32.9. The number of carbonyl (C=O) groups is 1. The average Bonchev–Trinajstić information content (AvgIpc) is 2.99. The third kappa shape index (κ3) is 3.25. The molecule has 0 aromatic carbocycles. The van der Waals surface area contributed by atoms with E-state index < -0.39 is 6.10 Å². The molecule has 6 nitrogen and oxygen atoms in total. The molecule has 1 aromatic rings. The van der Waals surface area contributed by atoms with Gasteiger partial charge in [-0.05, 0) is 56.6 Å². The van der Waals surface area contributed by atoms with Gasteiger partial charge in [0, 0.05) is 18.3 Å². The quantitative estimate of drug-likeness (QED) is 0.775. The van der Waals surface area contributed by atoms with Crippen molar-refractivity contribution in [2.45, 2.75) is 63.2 Å². The predicted molar refractivity (Wildman–Crippen MR) is 91.5 cm³/mol. The number of hydrogen-bond acceptors (Lipinski definition) is 5. The highest BCUT2D eigenvalue weighted by Gasteiger charge is 2.38. The third-order valence-electron chi connectivity index (χ3n) is 5.92. The molecular weight excluding hydrogens is 320 g/mol. The van der Waals surface area contributed by atoms with Gasteiger partial charge in [-0.15, -0.1) is 0 Å². The second kappa shape index (κ2) is 6.92. The van der Waals surface area contributed by atoms with Crippen LogP contribution in [-0.2, 0) is 9.53 Å². The van der Waals surface area contributed by atoms with E-state index in [1.54, 1.807) is 11.1 Å². The molecule has 2 bridgehead atoms. The molecule has 1 aromatic heterocycles. The van der Waals surface area contributed by atoms with Gasteiger partial charge in [0.1, 0.15) is 0 Å². The highest BCUT2D eigenvalue weighted by molar-refractivity contribution is 5.78. The lowest BCUT2D eigenvalue weighted by molar-refractivity contribution is -0.137. The van der Waals surface area contributed by atoms with E-state index in [0.717, 1.165) is 31.2 Å². The zero-order chi connectivity index (χ0) is 17.4. The van der Waals surface area contributed by atoms with E-state index >= 15 is 0 Å². The Labute approximate surface area is 148 Å². The van der Waals surface area contributed by atoms with Crippen molar-refractivity contribution < 1.29 is 19.4 Å². The number of pyridine rings is 1. The summed E-state index contributed by atoms with van der Waals surface area (Å²) in [5.74, 6) is 0.893. The molecule has 0 spiro atoms. The van der Waals surface area contributed by atoms with Gasteiger partial charge in [0.25, 0.3) is 5.91 Å². The van der Waals surface area contributed by atoms with Gasteiger partial charge < -0.3 is 19.5 Å². The molecular formula is C19H26N2O4. The number of ether oxygens (including phenoxy) is 2. The van der Waals surface area contributed by atoms with E-state index in [9.17, 15) is 9.90 Å². The summed E-state index contributed by atoms with van der Waals surface area (Å²) in [6, 6.07) is 1.75. The predicted octanol–water partition coefficient (Wildman–Crippen LogP) is 1.79. The van der Waals surface area contributed by atoms with Crippen molar-refractivity contribution >= 4 is 5.91 Å². The summed E-state index contributed by atoms with van der Waals surface area (Å²) in [6.45, 7) is 3.01. The first kappa shape index (κ1) is 16.8. The van der Waals surface area contributed by atoms with Gasteiger partial charge in [0.2, 0.25) is 5.88 Å². The van der Waals surface area contributed by atoms with Crippen LogP contribution in [0.5, 0.6) is 5.88 Å². The number of rotatable bonds is 0. The molecule has 3 aliphatic heterocycles. The fourth-order valence-corrected chi connectivity index (χ4v) is 4.47. The Hall–Kier alpha value is -1.66. The van der Waals surface area contributed by atoms with E-state index in [1.807, 2.05) is 6.07 Å². The largest absolute Gasteiger partial charge is 0.467 e. The number of nitrogens with zero attached hydrogens (tertiary/aromatic N) is 2. The van der Waals surface area contributed by atoms with Gasteiger partial charge in [0.15, 0.2) is 6.61 Å². The molecule has 0 unspecified atom stereocenters. The summed E-state index contributed by atoms with van der Waals surface area (Å²) in [4.78, 5) is 18.7. The van der Waals surface area contributed by atoms with Gasteiger partial charge in [0.05, 0.1) is 24.9 Å². The number of fused-ring (bicyclic) bond motifs is 5. The highest BCUT2D eigenvalue weighted by Crippen LogP contribution is 2.39. The Morgan fingerprint density at radius 1 is 1.24 bits per heavy atom. The fraction of sp³-hybridized carbons (Fsp3) is 0.684. The van der Waals surface area contributed by atoms with Crippen LogP contribution in [0.1, 0.15) is 49.1 Å². The van der Waals surface area contributed by atoms with Crippen molar-refractivity contribution in [3.8, 4) is 5.88 Å². The van der Waals surface area contributed by atoms with Gasteiger partial charge in [-0.1, -0.05) is 0 Å². The molecule has 1 saturated carbocycles. The number of carbonyl (C=O) groups excluding carboxylic acids is 1. The molecule has 0 radical (unpaired) electrons. The maximum absolute atomic E-state index is 12.6. The minimum atomic E-state index is -0.516. The molecule has 1 saturated heterocycles. The summed E-state index contributed by atoms with van der Waals surface area (Å²) >= 11 is 0. The molecule has 6 heteroatoms. The first-order valence-electron chi connectivity index (χ1n) is 9.31. The molecule has 25 heavy (non-hydrogen) atoms. The summed E-state index contributed by atoms with van der Waals surface area (Å²) in [6.07, 6.45) is 6.11. The van der Waals surface area contributed by atoms with Gasteiger partial charge in [-0.2, -0.15) is 0 Å². The van der Waals surface area contributed by atoms with Crippen LogP contribution in [0.4, 0.5) is 0 Å². The zero-order valence-corrected chi connectivity index (χ0v) is 14.7. The molecule has 1 aliphatic carbocycles. The van der Waals surface area contributed by atoms with Crippen LogP contribution in [0.25, 0.3) is 0 Å². The number of aliphatic hydroxyl groups excluding tert-OH is 1. The molecule has 1 N–H and O–H groups in total. The van der Waals surface area contributed by atoms with Crippen LogP contribution in [-0.4, -0.2) is 58.9 Å². The lowest BCUT2D eigenvalue weighted by Gasteiger charge is -2.31. The summed E-state index contributed by atoms with van der Waals surface area (Å²) in [5.41, 5.74) is 2.32. The first-order valence-corrected chi connectivity index (χ1v) is 9.31. The summed E-state index contributed by atoms with van der Waals surface area (Å²) in [7, 11) is 0. The van der Waals surface area contributed by atoms with Crippen LogP contribution < -0.4 is 4.74 Å². The van der Waals surface area contributed by atoms with Crippen molar-refractivity contribution in [1.82, 2.24) is 9.88 Å². The van der Waals surface area contributed by atoms with Crippen molar-refractivity contribution in [1.29, 1.82) is 0 Å². The Morgan fingerprint density at radius 2 is 2.04 bits per heavy atom. The van der Waals surface area contributed by atoms with Crippen molar-refractivity contribution in [2.75, 3.05) is 19.8 Å². The maximum atomic E-state index is 12.6. The van der Waals surface area contributed by atoms with Crippen LogP contribution in [0, 0.1) is 6.92 Å². The summed E-state index contributed by atoms with van der Waals surface area (Å²) in [5, 5.41) is 10.2. The summed E-state index contributed by atoms with van der Waals surface area (Å²) < 4.78 is 11.9. The number of amides is 1. The van der Waals surface area contributed by atoms with Crippen molar-refractivity contribution in [2.24, 2.45) is 0 Å². The van der Waals surface area contributed by atoms with E-state index in [-0.39, 0.29) is 24.7 Å². The second-order valence-electron chi connectivity index (χ2n) is 7.45. The second-order valence-corrected chi connectivity index (χ2v) is 7.45. The van der Waals surface area contributed by atoms with Gasteiger partial charge in [-0.3, -0.25) is 4.79 Å². The molecule has 2 atom stereocenters. The topological polar surface area (TPSA) is 71.9 Å². The molecule has 1 amide bonds. The zero-order valence-electron chi connectivity index (χ0n) is 14.7. The van der Waals surface area contributed by atoms with Crippen LogP contribution >= 0.6 is 0 Å². The van der Waals surface area contributed by atoms with E-state index in [4.69, 9.17) is 9.47 Å². The lowest BCUT2D eigenvalue weighted by atomic mass is 9.81. The molecule has 5 rings (SSSR count). The van der Waals surface area contributed by atoms with Gasteiger partial charge in [-0.25, -0.2) is 4.98 Å². The molecule has 4 heterocycles. The Bertz CT molecular complexity index is 642. The van der Waals surface area contributed by atoms with E-state index in [1.165, 1.54) is 5.56 Å². The van der Waals surface area contributed by atoms with E-state index in [0.29, 0.717) is 31.4 Å². The molecule has 2 fully saturated rings. The van der Waals surface area contributed by atoms with E-state index in [2.05, 4.69) is 11.9 Å². The fourth-order valence-electron chi connectivity index (χ4n) is 4.47. The van der Waals surface area contributed by atoms with Gasteiger partial charge >= 0.3 is 0 Å². The number of aryl methyl sites for hydroxylation is 1. The first-order chi connectivity index (χ1) is 12.1. The Balaban J connectivity index is 1.64. The Morgan fingerprint density at radius 3 is 2.84 bits per heavy atom. The minimum absolute atomic E-state index is 0.0389. The standard InChI is InChI=1S/C19H26N2O4/c1-12-6-8-20-19-18(12)13-2-4-14(5-3-13)24-10-15-16(22)7-9-21(15)17(23)11-25-19/h6,8,13-16,22H,2-5,7,9-11H2,1H3/t13?,14?,15-,16+/m0/s1. The van der Waals surface area contributed by atoms with Crippen LogP contribution in [0.3, 0.4) is 0 Å². The van der Waals surface area contributed by atoms with Crippen molar-refractivity contribution in [3.05, 3.63) is 23.4 Å². The van der Waals surface area contributed by atoms with Crippen LogP contribution in [0.15, 0.2) is 12.3 Å². The third-order valence-corrected chi connectivity index (χ3v) is 5.92. The minimum Gasteiger partial charge on any atom is -0.467 e. The smallest absolute Gasteiger partial charge is 0.260 e. The molecule has 136 valence electrons. The maximum Gasteiger partial charge on any atom is 0.260 e. The van der Waals surface area contributed by atoms with Crippen molar-refractivity contribution in [3.63, 3.8) is 0 Å². The lowest BCUT2D eigenvalue weighted by Crippen LogP contribution is -2.45.